The van der Waals surface area contributed by atoms with E-state index in [-0.39, 0.29) is 11.9 Å². The summed E-state index contributed by atoms with van der Waals surface area (Å²) in [4.78, 5) is 11.3. The fourth-order valence-corrected chi connectivity index (χ4v) is 1.56. The zero-order valence-corrected chi connectivity index (χ0v) is 8.80. The van der Waals surface area contributed by atoms with Gasteiger partial charge in [-0.25, -0.2) is 4.79 Å². The number of aromatic nitrogens is 1. The van der Waals surface area contributed by atoms with Crippen molar-refractivity contribution in [1.82, 2.24) is 4.57 Å². The second-order valence-electron chi connectivity index (χ2n) is 3.82. The third kappa shape index (κ3) is 1.59. The molecule has 0 radical (unpaired) electrons. The number of hydrogen-bond donors (Lipinski definition) is 0. The largest absolute Gasteiger partial charge is 0.491 e. The van der Waals surface area contributed by atoms with Crippen molar-refractivity contribution in [1.29, 1.82) is 0 Å². The number of rotatable bonds is 3. The number of ether oxygens (including phenoxy) is 2. The van der Waals surface area contributed by atoms with Crippen LogP contribution in [0.2, 0.25) is 0 Å². The summed E-state index contributed by atoms with van der Waals surface area (Å²) in [6, 6.07) is 5.35. The van der Waals surface area contributed by atoms with E-state index in [1.807, 2.05) is 12.1 Å². The molecule has 5 nitrogen and oxygen atoms in total. The molecule has 3 rings (SSSR count). The normalized spacial score (nSPS) is 18.9. The first-order valence-electron chi connectivity index (χ1n) is 5.08. The highest BCUT2D eigenvalue weighted by atomic mass is 16.6. The minimum atomic E-state index is -0.363. The maximum atomic E-state index is 11.3. The Kier molecular flexibility index (Phi) is 2.00. The molecule has 84 valence electrons. The van der Waals surface area contributed by atoms with Gasteiger partial charge in [0.2, 0.25) is 0 Å². The van der Waals surface area contributed by atoms with E-state index in [9.17, 15) is 4.79 Å². The van der Waals surface area contributed by atoms with Crippen molar-refractivity contribution in [3.63, 3.8) is 0 Å². The second-order valence-corrected chi connectivity index (χ2v) is 3.82. The van der Waals surface area contributed by atoms with Crippen molar-refractivity contribution < 1.29 is 13.9 Å². The van der Waals surface area contributed by atoms with Crippen molar-refractivity contribution in [2.24, 2.45) is 7.05 Å². The molecule has 1 saturated heterocycles. The van der Waals surface area contributed by atoms with Gasteiger partial charge < -0.3 is 13.9 Å². The van der Waals surface area contributed by atoms with E-state index < -0.39 is 0 Å². The Bertz CT molecular complexity index is 579. The number of hydrogen-bond acceptors (Lipinski definition) is 4. The fourth-order valence-electron chi connectivity index (χ4n) is 1.56. The third-order valence-electron chi connectivity index (χ3n) is 2.60. The lowest BCUT2D eigenvalue weighted by Gasteiger charge is -2.03. The monoisotopic (exact) mass is 221 g/mol. The van der Waals surface area contributed by atoms with Gasteiger partial charge >= 0.3 is 5.76 Å². The highest BCUT2D eigenvalue weighted by Crippen LogP contribution is 2.20. The van der Waals surface area contributed by atoms with E-state index in [1.54, 1.807) is 13.1 Å². The first-order valence-corrected chi connectivity index (χ1v) is 5.08. The predicted octanol–water partition coefficient (Wildman–Crippen LogP) is 0.909. The number of aryl methyl sites for hydroxylation is 1. The van der Waals surface area contributed by atoms with Crippen LogP contribution in [0.3, 0.4) is 0 Å². The standard InChI is InChI=1S/C11H11NO4/c1-12-9-3-2-7(14-5-8-6-15-8)4-10(9)16-11(12)13/h2-4,8H,5-6H2,1H3. The van der Waals surface area contributed by atoms with Crippen molar-refractivity contribution in [2.45, 2.75) is 6.10 Å². The summed E-state index contributed by atoms with van der Waals surface area (Å²) in [5.74, 6) is 0.329. The number of nitrogens with zero attached hydrogens (tertiary/aromatic N) is 1. The molecule has 1 aliphatic heterocycles. The van der Waals surface area contributed by atoms with Crippen LogP contribution in [0.1, 0.15) is 0 Å². The predicted molar refractivity (Wildman–Crippen MR) is 56.7 cm³/mol. The van der Waals surface area contributed by atoms with Crippen LogP contribution >= 0.6 is 0 Å². The van der Waals surface area contributed by atoms with Crippen molar-refractivity contribution in [2.75, 3.05) is 13.2 Å². The molecule has 1 fully saturated rings. The Morgan fingerprint density at radius 1 is 1.56 bits per heavy atom. The van der Waals surface area contributed by atoms with Gasteiger partial charge in [-0.2, -0.15) is 0 Å². The maximum absolute atomic E-state index is 11.3. The quantitative estimate of drug-likeness (QED) is 0.723. The molecule has 1 unspecified atom stereocenters. The molecular formula is C11H11NO4. The molecular weight excluding hydrogens is 210 g/mol. The van der Waals surface area contributed by atoms with Gasteiger partial charge in [-0.15, -0.1) is 0 Å². The summed E-state index contributed by atoms with van der Waals surface area (Å²) >= 11 is 0. The first-order chi connectivity index (χ1) is 7.74. The summed E-state index contributed by atoms with van der Waals surface area (Å²) in [7, 11) is 1.67. The Labute approximate surface area is 91.2 Å². The molecule has 0 bridgehead atoms. The van der Waals surface area contributed by atoms with E-state index >= 15 is 0 Å². The van der Waals surface area contributed by atoms with Gasteiger partial charge in [-0.05, 0) is 12.1 Å². The average Bonchev–Trinajstić information content (AvgIpc) is 3.05. The summed E-state index contributed by atoms with van der Waals surface area (Å²) in [5.41, 5.74) is 1.31. The fraction of sp³-hybridized carbons (Fsp3) is 0.364. The van der Waals surface area contributed by atoms with Crippen molar-refractivity contribution >= 4 is 11.1 Å². The molecule has 16 heavy (non-hydrogen) atoms. The number of fused-ring (bicyclic) bond motifs is 1. The molecule has 0 amide bonds. The summed E-state index contributed by atoms with van der Waals surface area (Å²) in [5, 5.41) is 0. The average molecular weight is 221 g/mol. The van der Waals surface area contributed by atoms with Gasteiger partial charge in [0.15, 0.2) is 5.58 Å². The van der Waals surface area contributed by atoms with Crippen LogP contribution in [0.4, 0.5) is 0 Å². The number of oxazole rings is 1. The van der Waals surface area contributed by atoms with E-state index in [0.717, 1.165) is 12.1 Å². The molecule has 1 aliphatic rings. The van der Waals surface area contributed by atoms with E-state index in [2.05, 4.69) is 0 Å². The van der Waals surface area contributed by atoms with Crippen LogP contribution in [0.15, 0.2) is 27.4 Å². The van der Waals surface area contributed by atoms with Crippen LogP contribution in [0.25, 0.3) is 11.1 Å². The van der Waals surface area contributed by atoms with Gasteiger partial charge in [0.25, 0.3) is 0 Å². The van der Waals surface area contributed by atoms with E-state index in [1.165, 1.54) is 4.57 Å². The lowest BCUT2D eigenvalue weighted by molar-refractivity contribution is 0.263. The van der Waals surface area contributed by atoms with E-state index in [4.69, 9.17) is 13.9 Å². The lowest BCUT2D eigenvalue weighted by Crippen LogP contribution is -2.08. The highest BCUT2D eigenvalue weighted by Gasteiger charge is 2.23. The Hall–Kier alpha value is -1.75. The van der Waals surface area contributed by atoms with Crippen LogP contribution < -0.4 is 10.5 Å². The number of epoxide rings is 1. The Morgan fingerprint density at radius 3 is 3.12 bits per heavy atom. The smallest absolute Gasteiger partial charge is 0.419 e. The van der Waals surface area contributed by atoms with Gasteiger partial charge in [0, 0.05) is 13.1 Å². The molecule has 0 aliphatic carbocycles. The summed E-state index contributed by atoms with van der Waals surface area (Å²) < 4.78 is 17.0. The Balaban J connectivity index is 1.92. The SMILES string of the molecule is Cn1c(=O)oc2cc(OCC3CO3)ccc21. The highest BCUT2D eigenvalue weighted by molar-refractivity contribution is 5.74. The minimum absolute atomic E-state index is 0.221. The zero-order chi connectivity index (χ0) is 11.1. The molecule has 5 heteroatoms. The molecule has 1 atom stereocenters. The van der Waals surface area contributed by atoms with Crippen molar-refractivity contribution in [3.8, 4) is 5.75 Å². The topological polar surface area (TPSA) is 56.9 Å². The van der Waals surface area contributed by atoms with Gasteiger partial charge in [-0.3, -0.25) is 4.57 Å². The molecule has 1 aromatic heterocycles. The molecule has 1 aromatic carbocycles. The van der Waals surface area contributed by atoms with Crippen LogP contribution in [-0.2, 0) is 11.8 Å². The summed E-state index contributed by atoms with van der Waals surface area (Å²) in [6.07, 6.45) is 0.221. The molecule has 0 saturated carbocycles. The number of benzene rings is 1. The lowest BCUT2D eigenvalue weighted by atomic mass is 10.3. The Morgan fingerprint density at radius 2 is 2.38 bits per heavy atom. The molecule has 0 spiro atoms. The third-order valence-corrected chi connectivity index (χ3v) is 2.60. The minimum Gasteiger partial charge on any atom is -0.491 e. The van der Waals surface area contributed by atoms with E-state index in [0.29, 0.717) is 17.9 Å². The first kappa shape index (κ1) is 9.47. The van der Waals surface area contributed by atoms with Gasteiger partial charge in [0.1, 0.15) is 18.5 Å². The second kappa shape index (κ2) is 3.38. The van der Waals surface area contributed by atoms with Crippen LogP contribution in [0.5, 0.6) is 5.75 Å². The van der Waals surface area contributed by atoms with Gasteiger partial charge in [0.05, 0.1) is 12.1 Å². The van der Waals surface area contributed by atoms with Crippen LogP contribution in [-0.4, -0.2) is 23.9 Å². The summed E-state index contributed by atoms with van der Waals surface area (Å²) in [6.45, 7) is 1.31. The van der Waals surface area contributed by atoms with Crippen LogP contribution in [0, 0.1) is 0 Å². The molecule has 0 N–H and O–H groups in total. The van der Waals surface area contributed by atoms with Crippen molar-refractivity contribution in [3.05, 3.63) is 28.7 Å². The maximum Gasteiger partial charge on any atom is 0.419 e. The zero-order valence-electron chi connectivity index (χ0n) is 8.80. The molecule has 2 heterocycles. The van der Waals surface area contributed by atoms with Gasteiger partial charge in [-0.1, -0.05) is 0 Å². The molecule has 2 aromatic rings.